The number of rotatable bonds is 3. The van der Waals surface area contributed by atoms with Gasteiger partial charge in [-0.05, 0) is 30.7 Å². The molecule has 1 heterocycles. The molecule has 0 saturated carbocycles. The van der Waals surface area contributed by atoms with Crippen LogP contribution in [0.25, 0.3) is 22.2 Å². The van der Waals surface area contributed by atoms with Gasteiger partial charge in [0.25, 0.3) is 5.91 Å². The Kier molecular flexibility index (Phi) is 4.53. The van der Waals surface area contributed by atoms with Gasteiger partial charge in [0, 0.05) is 5.56 Å². The maximum atomic E-state index is 14.2. The number of carbonyl (C=O) groups is 1. The highest BCUT2D eigenvalue weighted by atomic mass is 19.1. The number of pyridine rings is 1. The van der Waals surface area contributed by atoms with Crippen LogP contribution in [0.2, 0.25) is 0 Å². The zero-order valence-electron chi connectivity index (χ0n) is 14.3. The van der Waals surface area contributed by atoms with E-state index in [-0.39, 0.29) is 22.7 Å². The number of halogens is 1. The number of aryl methyl sites for hydroxylation is 1. The van der Waals surface area contributed by atoms with Crippen molar-refractivity contribution in [3.63, 3.8) is 0 Å². The van der Waals surface area contributed by atoms with Crippen LogP contribution in [0.15, 0.2) is 47.5 Å². The average Bonchev–Trinajstić information content (AvgIpc) is 2.60. The summed E-state index contributed by atoms with van der Waals surface area (Å²) in [5, 5.41) is 0.222. The molecule has 1 amide bonds. The maximum absolute atomic E-state index is 14.2. The third-order valence-corrected chi connectivity index (χ3v) is 3.97. The Morgan fingerprint density at radius 2 is 1.92 bits per heavy atom. The van der Waals surface area contributed by atoms with Crippen molar-refractivity contribution in [2.75, 3.05) is 7.11 Å². The first-order chi connectivity index (χ1) is 12.4. The van der Waals surface area contributed by atoms with Gasteiger partial charge in [0.2, 0.25) is 0 Å². The maximum Gasteiger partial charge on any atom is 0.281 e. The van der Waals surface area contributed by atoms with Gasteiger partial charge < -0.3 is 16.2 Å². The molecule has 26 heavy (non-hydrogen) atoms. The Morgan fingerprint density at radius 3 is 2.58 bits per heavy atom. The fourth-order valence-electron chi connectivity index (χ4n) is 2.82. The molecular weight excluding hydrogens is 335 g/mol. The smallest absolute Gasteiger partial charge is 0.281 e. The molecule has 0 saturated heterocycles. The number of benzene rings is 2. The molecule has 3 aromatic rings. The van der Waals surface area contributed by atoms with Gasteiger partial charge in [-0.3, -0.25) is 4.79 Å². The number of methoxy groups -OCH3 is 1. The second-order valence-corrected chi connectivity index (χ2v) is 5.69. The highest BCUT2D eigenvalue weighted by molar-refractivity contribution is 6.12. The molecule has 3 rings (SSSR count). The van der Waals surface area contributed by atoms with Gasteiger partial charge in [0.15, 0.2) is 17.5 Å². The van der Waals surface area contributed by atoms with Crippen LogP contribution in [0.1, 0.15) is 15.9 Å². The summed E-state index contributed by atoms with van der Waals surface area (Å²) in [6.45, 7) is 1.93. The van der Waals surface area contributed by atoms with Gasteiger partial charge in [-0.25, -0.2) is 9.37 Å². The minimum Gasteiger partial charge on any atom is -0.493 e. The van der Waals surface area contributed by atoms with Gasteiger partial charge in [-0.2, -0.15) is 4.99 Å². The van der Waals surface area contributed by atoms with Crippen LogP contribution in [0.5, 0.6) is 5.75 Å². The lowest BCUT2D eigenvalue weighted by atomic mass is 10.00. The third kappa shape index (κ3) is 3.06. The number of aromatic nitrogens is 1. The topological polar surface area (TPSA) is 104 Å². The first-order valence-corrected chi connectivity index (χ1v) is 7.79. The van der Waals surface area contributed by atoms with Gasteiger partial charge in [-0.1, -0.05) is 24.3 Å². The normalized spacial score (nSPS) is 10.6. The van der Waals surface area contributed by atoms with E-state index in [4.69, 9.17) is 16.2 Å². The van der Waals surface area contributed by atoms with E-state index in [1.54, 1.807) is 6.07 Å². The molecule has 0 aliphatic carbocycles. The van der Waals surface area contributed by atoms with Crippen molar-refractivity contribution in [2.24, 2.45) is 16.5 Å². The molecule has 0 spiro atoms. The zero-order valence-corrected chi connectivity index (χ0v) is 14.3. The fourth-order valence-corrected chi connectivity index (χ4v) is 2.82. The highest BCUT2D eigenvalue weighted by Gasteiger charge is 2.20. The summed E-state index contributed by atoms with van der Waals surface area (Å²) >= 11 is 0. The van der Waals surface area contributed by atoms with E-state index in [0.29, 0.717) is 11.2 Å². The molecule has 0 aliphatic heterocycles. The van der Waals surface area contributed by atoms with Crippen molar-refractivity contribution >= 4 is 22.8 Å². The van der Waals surface area contributed by atoms with Crippen LogP contribution in [0.4, 0.5) is 4.39 Å². The van der Waals surface area contributed by atoms with Crippen molar-refractivity contribution in [1.82, 2.24) is 4.98 Å². The second kappa shape index (κ2) is 6.79. The molecule has 0 unspecified atom stereocenters. The summed E-state index contributed by atoms with van der Waals surface area (Å²) in [6.07, 6.45) is 0. The number of nitrogens with zero attached hydrogens (tertiary/aromatic N) is 2. The van der Waals surface area contributed by atoms with Crippen molar-refractivity contribution < 1.29 is 13.9 Å². The monoisotopic (exact) mass is 352 g/mol. The van der Waals surface area contributed by atoms with Crippen LogP contribution >= 0.6 is 0 Å². The SMILES string of the molecule is COc1c(F)ccc2nc(-c3ccccc3C)cc(C(=O)N=C(N)N)c12. The largest absolute Gasteiger partial charge is 0.493 e. The molecule has 0 bridgehead atoms. The fraction of sp³-hybridized carbons (Fsp3) is 0.105. The molecule has 2 aromatic carbocycles. The summed E-state index contributed by atoms with van der Waals surface area (Å²) in [5.74, 6) is -1.77. The van der Waals surface area contributed by atoms with Crippen LogP contribution < -0.4 is 16.2 Å². The van der Waals surface area contributed by atoms with Crippen molar-refractivity contribution in [2.45, 2.75) is 6.92 Å². The predicted molar refractivity (Wildman–Crippen MR) is 98.6 cm³/mol. The summed E-state index contributed by atoms with van der Waals surface area (Å²) in [5.41, 5.74) is 13.6. The van der Waals surface area contributed by atoms with Crippen LogP contribution in [-0.2, 0) is 0 Å². The van der Waals surface area contributed by atoms with Crippen molar-refractivity contribution in [3.8, 4) is 17.0 Å². The number of hydrogen-bond donors (Lipinski definition) is 2. The molecule has 6 nitrogen and oxygen atoms in total. The Balaban J connectivity index is 2.39. The molecular formula is C19H17FN4O2. The minimum absolute atomic E-state index is 0.0829. The van der Waals surface area contributed by atoms with E-state index in [2.05, 4.69) is 9.98 Å². The number of amides is 1. The summed E-state index contributed by atoms with van der Waals surface area (Å²) in [7, 11) is 1.32. The first kappa shape index (κ1) is 17.3. The number of fused-ring (bicyclic) bond motifs is 1. The molecule has 4 N–H and O–H groups in total. The van der Waals surface area contributed by atoms with E-state index in [1.807, 2.05) is 31.2 Å². The number of hydrogen-bond acceptors (Lipinski definition) is 3. The number of nitrogens with two attached hydrogens (primary N) is 2. The Labute approximate surface area is 149 Å². The second-order valence-electron chi connectivity index (χ2n) is 5.69. The zero-order chi connectivity index (χ0) is 18.8. The average molecular weight is 352 g/mol. The number of aliphatic imine (C=N–C) groups is 1. The molecule has 0 radical (unpaired) electrons. The lowest BCUT2D eigenvalue weighted by Gasteiger charge is -2.13. The Morgan fingerprint density at radius 1 is 1.19 bits per heavy atom. The van der Waals surface area contributed by atoms with Crippen LogP contribution in [0.3, 0.4) is 0 Å². The Bertz CT molecular complexity index is 1040. The number of guanidine groups is 1. The van der Waals surface area contributed by atoms with E-state index >= 15 is 0 Å². The van der Waals surface area contributed by atoms with Crippen LogP contribution in [0, 0.1) is 12.7 Å². The van der Waals surface area contributed by atoms with Crippen molar-refractivity contribution in [1.29, 1.82) is 0 Å². The summed E-state index contributed by atoms with van der Waals surface area (Å²) < 4.78 is 19.3. The lowest BCUT2D eigenvalue weighted by molar-refractivity contribution is 0.100. The standard InChI is InChI=1S/C19H17FN4O2/c1-10-5-3-4-6-11(10)15-9-12(18(25)24-19(21)22)16-14(23-15)8-7-13(20)17(16)26-2/h3-9H,1-2H3,(H4,21,22,24,25). The van der Waals surface area contributed by atoms with E-state index in [9.17, 15) is 9.18 Å². The van der Waals surface area contributed by atoms with Gasteiger partial charge >= 0.3 is 0 Å². The quantitative estimate of drug-likeness (QED) is 0.557. The number of ether oxygens (including phenoxy) is 1. The summed E-state index contributed by atoms with van der Waals surface area (Å²) in [6, 6.07) is 11.9. The van der Waals surface area contributed by atoms with E-state index < -0.39 is 11.7 Å². The summed E-state index contributed by atoms with van der Waals surface area (Å²) in [4.78, 5) is 20.7. The molecule has 1 aromatic heterocycles. The van der Waals surface area contributed by atoms with E-state index in [1.165, 1.54) is 19.2 Å². The molecule has 0 fully saturated rings. The van der Waals surface area contributed by atoms with Gasteiger partial charge in [0.1, 0.15) is 0 Å². The highest BCUT2D eigenvalue weighted by Crippen LogP contribution is 2.34. The molecule has 7 heteroatoms. The molecule has 0 aliphatic rings. The minimum atomic E-state index is -0.698. The Hall–Kier alpha value is -3.48. The van der Waals surface area contributed by atoms with Crippen molar-refractivity contribution in [3.05, 3.63) is 59.4 Å². The third-order valence-electron chi connectivity index (χ3n) is 3.97. The predicted octanol–water partition coefficient (Wildman–Crippen LogP) is 2.77. The molecule has 132 valence electrons. The first-order valence-electron chi connectivity index (χ1n) is 7.79. The number of carbonyl (C=O) groups excluding carboxylic acids is 1. The van der Waals surface area contributed by atoms with Gasteiger partial charge in [-0.15, -0.1) is 0 Å². The lowest BCUT2D eigenvalue weighted by Crippen LogP contribution is -2.24. The van der Waals surface area contributed by atoms with E-state index in [0.717, 1.165) is 11.1 Å². The molecule has 0 atom stereocenters. The van der Waals surface area contributed by atoms with Gasteiger partial charge in [0.05, 0.1) is 29.3 Å². The van der Waals surface area contributed by atoms with Crippen LogP contribution in [-0.4, -0.2) is 24.0 Å².